The maximum absolute atomic E-state index is 13.2. The molecule has 4 rings (SSSR count). The van der Waals surface area contributed by atoms with E-state index in [0.29, 0.717) is 17.6 Å². The molecular weight excluding hydrogens is 536 g/mol. The quantitative estimate of drug-likeness (QED) is 0.303. The maximum Gasteiger partial charge on any atom is 0.325 e. The summed E-state index contributed by atoms with van der Waals surface area (Å²) in [7, 11) is 1.58. The van der Waals surface area contributed by atoms with Gasteiger partial charge in [-0.15, -0.1) is 0 Å². The first kappa shape index (κ1) is 31.0. The molecule has 7 nitrogen and oxygen atoms in total. The van der Waals surface area contributed by atoms with Gasteiger partial charge in [0.1, 0.15) is 6.54 Å². The third kappa shape index (κ3) is 10.2. The van der Waals surface area contributed by atoms with E-state index in [9.17, 15) is 14.4 Å². The van der Waals surface area contributed by atoms with Crippen LogP contribution in [-0.2, 0) is 15.3 Å². The number of carboxylic acids is 1. The Morgan fingerprint density at radius 3 is 2.15 bits per heavy atom. The Balaban J connectivity index is 0.000000436. The van der Waals surface area contributed by atoms with Gasteiger partial charge in [0.2, 0.25) is 0 Å². The van der Waals surface area contributed by atoms with Crippen molar-refractivity contribution in [2.24, 2.45) is 0 Å². The molecule has 41 heavy (non-hydrogen) atoms. The summed E-state index contributed by atoms with van der Waals surface area (Å²) in [4.78, 5) is 37.7. The molecule has 1 aliphatic rings. The number of benzene rings is 3. The van der Waals surface area contributed by atoms with Crippen LogP contribution in [0.15, 0.2) is 121 Å². The minimum absolute atomic E-state index is 0.0191. The van der Waals surface area contributed by atoms with E-state index in [1.807, 2.05) is 72.4 Å². The van der Waals surface area contributed by atoms with Gasteiger partial charge in [0.15, 0.2) is 0 Å². The molecular formula is C33H34N2O5S. The molecule has 3 aromatic rings. The average Bonchev–Trinajstić information content (AvgIpc) is 3.25. The number of urea groups is 1. The van der Waals surface area contributed by atoms with Crippen LogP contribution in [-0.4, -0.2) is 54.4 Å². The molecule has 0 fully saturated rings. The molecule has 1 aliphatic carbocycles. The molecule has 8 heteroatoms. The van der Waals surface area contributed by atoms with Crippen LogP contribution in [0.25, 0.3) is 11.1 Å². The Bertz CT molecular complexity index is 1380. The van der Waals surface area contributed by atoms with Gasteiger partial charge in [0.05, 0.1) is 19.4 Å². The monoisotopic (exact) mass is 570 g/mol. The number of thioether (sulfide) groups is 1. The van der Waals surface area contributed by atoms with Crippen LogP contribution < -0.4 is 5.32 Å². The Labute approximate surface area is 245 Å². The van der Waals surface area contributed by atoms with Gasteiger partial charge in [0.25, 0.3) is 5.91 Å². The van der Waals surface area contributed by atoms with Gasteiger partial charge in [-0.25, -0.2) is 4.79 Å². The van der Waals surface area contributed by atoms with Gasteiger partial charge in [-0.3, -0.25) is 14.5 Å². The lowest BCUT2D eigenvalue weighted by molar-refractivity contribution is -0.135. The Morgan fingerprint density at radius 2 is 1.54 bits per heavy atom. The second kappa shape index (κ2) is 16.5. The van der Waals surface area contributed by atoms with Crippen LogP contribution in [0.3, 0.4) is 0 Å². The molecule has 3 aromatic carbocycles. The predicted molar refractivity (Wildman–Crippen MR) is 165 cm³/mol. The van der Waals surface area contributed by atoms with E-state index in [0.717, 1.165) is 27.5 Å². The lowest BCUT2D eigenvalue weighted by Gasteiger charge is -2.21. The van der Waals surface area contributed by atoms with Crippen molar-refractivity contribution < 1.29 is 24.2 Å². The van der Waals surface area contributed by atoms with E-state index in [-0.39, 0.29) is 6.54 Å². The van der Waals surface area contributed by atoms with Gasteiger partial charge in [-0.2, -0.15) is 11.8 Å². The largest absolute Gasteiger partial charge is 0.501 e. The zero-order chi connectivity index (χ0) is 29.5. The van der Waals surface area contributed by atoms with E-state index in [1.165, 1.54) is 5.56 Å². The van der Waals surface area contributed by atoms with E-state index in [2.05, 4.69) is 35.8 Å². The van der Waals surface area contributed by atoms with Crippen LogP contribution in [0.1, 0.15) is 22.3 Å². The van der Waals surface area contributed by atoms with E-state index < -0.39 is 24.5 Å². The van der Waals surface area contributed by atoms with E-state index in [1.54, 1.807) is 31.4 Å². The first-order valence-corrected chi connectivity index (χ1v) is 14.4. The number of ether oxygens (including phenoxy) is 1. The van der Waals surface area contributed by atoms with Gasteiger partial charge >= 0.3 is 12.0 Å². The van der Waals surface area contributed by atoms with Crippen molar-refractivity contribution in [3.63, 3.8) is 0 Å². The molecule has 0 aromatic heterocycles. The number of hydrogen-bond acceptors (Lipinski definition) is 5. The summed E-state index contributed by atoms with van der Waals surface area (Å²) in [6.07, 6.45) is 9.95. The number of nitrogens with one attached hydrogen (secondary N) is 1. The number of carboxylic acid groups (broad SMARTS) is 1. The van der Waals surface area contributed by atoms with Crippen LogP contribution in [0.4, 0.5) is 4.79 Å². The minimum atomic E-state index is -1.20. The number of methoxy groups -OCH3 is 1. The molecule has 3 amide bonds. The molecule has 0 saturated heterocycles. The molecule has 0 aliphatic heterocycles. The molecule has 0 bridgehead atoms. The number of allylic oxidation sites excluding steroid dienone is 3. The third-order valence-corrected chi connectivity index (χ3v) is 6.63. The highest BCUT2D eigenvalue weighted by Gasteiger charge is 2.24. The normalized spacial score (nSPS) is 12.0. The lowest BCUT2D eigenvalue weighted by atomic mass is 10.0. The summed E-state index contributed by atoms with van der Waals surface area (Å²) >= 11 is 1.85. The fourth-order valence-corrected chi connectivity index (χ4v) is 4.43. The highest BCUT2D eigenvalue weighted by Crippen LogP contribution is 2.21. The van der Waals surface area contributed by atoms with Gasteiger partial charge in [0, 0.05) is 17.7 Å². The minimum Gasteiger partial charge on any atom is -0.501 e. The summed E-state index contributed by atoms with van der Waals surface area (Å²) in [6, 6.07) is 26.4. The van der Waals surface area contributed by atoms with Crippen molar-refractivity contribution in [3.05, 3.63) is 132 Å². The highest BCUT2D eigenvalue weighted by molar-refractivity contribution is 7.97. The fourth-order valence-electron chi connectivity index (χ4n) is 3.90. The van der Waals surface area contributed by atoms with Crippen LogP contribution in [0.2, 0.25) is 0 Å². The van der Waals surface area contributed by atoms with Crippen molar-refractivity contribution >= 4 is 29.7 Å². The topological polar surface area (TPSA) is 95.9 Å². The van der Waals surface area contributed by atoms with Crippen molar-refractivity contribution in [2.45, 2.75) is 12.2 Å². The summed E-state index contributed by atoms with van der Waals surface area (Å²) in [5, 5.41) is 11.2. The SMILES string of the molecule is COC1=CC=C(CN(C(=O)NCC(=O)O)C(=O)c2ccc(-c3ccccc3)cc2)C=CC1.CSCc1ccccc1. The van der Waals surface area contributed by atoms with Crippen LogP contribution in [0.5, 0.6) is 0 Å². The van der Waals surface area contributed by atoms with Crippen molar-refractivity contribution in [1.29, 1.82) is 0 Å². The highest BCUT2D eigenvalue weighted by atomic mass is 32.2. The molecule has 212 valence electrons. The van der Waals surface area contributed by atoms with Gasteiger partial charge in [-0.1, -0.05) is 91.0 Å². The first-order chi connectivity index (χ1) is 19.9. The standard InChI is InChI=1S/C25H24N2O5.C8H10S/c1-32-22-9-5-6-18(10-15-22)17-27(25(31)26-16-23(28)29)24(30)21-13-11-20(12-14-21)19-7-3-2-4-8-19;1-9-7-8-5-3-2-4-6-8/h2-8,10-15H,9,16-17H2,1H3,(H,26,31)(H,28,29);2-6H,7H2,1H3. The Hall–Kier alpha value is -4.56. The maximum atomic E-state index is 13.2. The number of amides is 3. The first-order valence-electron chi connectivity index (χ1n) is 13.0. The Morgan fingerprint density at radius 1 is 0.902 bits per heavy atom. The van der Waals surface area contributed by atoms with Crippen LogP contribution in [0, 0.1) is 0 Å². The number of carbonyl (C=O) groups is 3. The molecule has 2 N–H and O–H groups in total. The number of imide groups is 1. The van der Waals surface area contributed by atoms with Crippen molar-refractivity contribution in [2.75, 3.05) is 26.5 Å². The Kier molecular flexibility index (Phi) is 12.5. The number of aliphatic carboxylic acids is 1. The predicted octanol–water partition coefficient (Wildman–Crippen LogP) is 6.56. The zero-order valence-corrected chi connectivity index (χ0v) is 24.0. The summed E-state index contributed by atoms with van der Waals surface area (Å²) < 4.78 is 5.24. The second-order valence-electron chi connectivity index (χ2n) is 8.99. The number of rotatable bonds is 9. The van der Waals surface area contributed by atoms with Gasteiger partial charge < -0.3 is 15.2 Å². The zero-order valence-electron chi connectivity index (χ0n) is 23.2. The smallest absolute Gasteiger partial charge is 0.325 e. The summed E-state index contributed by atoms with van der Waals surface area (Å²) in [5.74, 6) is 0.156. The van der Waals surface area contributed by atoms with Crippen molar-refractivity contribution in [1.82, 2.24) is 10.2 Å². The van der Waals surface area contributed by atoms with Crippen LogP contribution >= 0.6 is 11.8 Å². The summed E-state index contributed by atoms with van der Waals surface area (Å²) in [5.41, 5.74) is 4.39. The third-order valence-electron chi connectivity index (χ3n) is 6.01. The lowest BCUT2D eigenvalue weighted by Crippen LogP contribution is -2.46. The second-order valence-corrected chi connectivity index (χ2v) is 9.86. The molecule has 0 spiro atoms. The molecule has 0 unspecified atom stereocenters. The number of carbonyl (C=O) groups excluding carboxylic acids is 2. The molecule has 0 atom stereocenters. The number of nitrogens with zero attached hydrogens (tertiary/aromatic N) is 1. The molecule has 0 heterocycles. The molecule has 0 saturated carbocycles. The van der Waals surface area contributed by atoms with E-state index >= 15 is 0 Å². The summed E-state index contributed by atoms with van der Waals surface area (Å²) in [6.45, 7) is -0.604. The average molecular weight is 571 g/mol. The van der Waals surface area contributed by atoms with E-state index in [4.69, 9.17) is 9.84 Å². The molecule has 0 radical (unpaired) electrons. The fraction of sp³-hybridized carbons (Fsp3) is 0.182. The van der Waals surface area contributed by atoms with Crippen molar-refractivity contribution in [3.8, 4) is 11.1 Å². The number of hydrogen-bond donors (Lipinski definition) is 2. The van der Waals surface area contributed by atoms with Gasteiger partial charge in [-0.05, 0) is 46.7 Å².